The van der Waals surface area contributed by atoms with Crippen molar-refractivity contribution in [2.45, 2.75) is 6.54 Å². The molecule has 1 aliphatic rings. The number of hydrogen-bond acceptors (Lipinski definition) is 2. The Labute approximate surface area is 137 Å². The first-order chi connectivity index (χ1) is 10.2. The van der Waals surface area contributed by atoms with E-state index in [2.05, 4.69) is 39.0 Å². The summed E-state index contributed by atoms with van der Waals surface area (Å²) in [6, 6.07) is 11.9. The molecule has 1 aliphatic heterocycles. The number of hydrogen-bond donors (Lipinski definition) is 0. The van der Waals surface area contributed by atoms with Gasteiger partial charge in [0.15, 0.2) is 0 Å². The first-order valence-electron chi connectivity index (χ1n) is 6.62. The molecule has 0 aromatic heterocycles. The highest BCUT2D eigenvalue weighted by Crippen LogP contribution is 2.31. The number of anilines is 1. The molecule has 0 aliphatic carbocycles. The maximum Gasteiger partial charge on any atom is 0.139 e. The molecule has 1 heterocycles. The minimum Gasteiger partial charge on any atom is -0.360 e. The second kappa shape index (κ2) is 6.04. The van der Waals surface area contributed by atoms with E-state index in [-0.39, 0.29) is 0 Å². The summed E-state index contributed by atoms with van der Waals surface area (Å²) in [6.45, 7) is 1.04. The lowest BCUT2D eigenvalue weighted by Gasteiger charge is -2.27. The second-order valence-corrected chi connectivity index (χ2v) is 6.28. The van der Waals surface area contributed by atoms with Gasteiger partial charge in [-0.2, -0.15) is 0 Å². The number of rotatable bonds is 2. The van der Waals surface area contributed by atoms with Gasteiger partial charge in [0, 0.05) is 21.7 Å². The van der Waals surface area contributed by atoms with Gasteiger partial charge < -0.3 is 9.69 Å². The summed E-state index contributed by atoms with van der Waals surface area (Å²) in [6.07, 6.45) is 5.07. The Morgan fingerprint density at radius 3 is 2.76 bits per heavy atom. The van der Waals surface area contributed by atoms with Crippen LogP contribution in [-0.2, 0) is 11.3 Å². The second-order valence-electron chi connectivity index (χ2n) is 4.93. The summed E-state index contributed by atoms with van der Waals surface area (Å²) >= 11 is 9.59. The third kappa shape index (κ3) is 3.04. The molecular weight excluding hydrogens is 350 g/mol. The van der Waals surface area contributed by atoms with Crippen molar-refractivity contribution in [3.05, 3.63) is 62.6 Å². The predicted octanol–water partition coefficient (Wildman–Crippen LogP) is 4.79. The zero-order valence-corrected chi connectivity index (χ0v) is 13.6. The Morgan fingerprint density at radius 1 is 1.14 bits per heavy atom. The van der Waals surface area contributed by atoms with E-state index in [1.54, 1.807) is 0 Å². The van der Waals surface area contributed by atoms with Gasteiger partial charge in [-0.1, -0.05) is 45.7 Å². The van der Waals surface area contributed by atoms with Crippen LogP contribution in [0.2, 0.25) is 5.02 Å². The molecule has 0 unspecified atom stereocenters. The lowest BCUT2D eigenvalue weighted by Crippen LogP contribution is -2.26. The van der Waals surface area contributed by atoms with Crippen LogP contribution in [-0.4, -0.2) is 12.8 Å². The number of aldehydes is 1. The van der Waals surface area contributed by atoms with Gasteiger partial charge in [-0.25, -0.2) is 0 Å². The van der Waals surface area contributed by atoms with E-state index in [9.17, 15) is 4.79 Å². The van der Waals surface area contributed by atoms with E-state index < -0.39 is 0 Å². The highest BCUT2D eigenvalue weighted by atomic mass is 79.9. The Balaban J connectivity index is 2.15. The Bertz CT molecular complexity index is 727. The molecule has 0 saturated carbocycles. The summed E-state index contributed by atoms with van der Waals surface area (Å²) in [5.41, 5.74) is 4.38. The number of fused-ring (bicyclic) bond motifs is 2. The van der Waals surface area contributed by atoms with Crippen LogP contribution in [0, 0.1) is 0 Å². The highest BCUT2D eigenvalue weighted by Gasteiger charge is 2.15. The van der Waals surface area contributed by atoms with E-state index in [4.69, 9.17) is 11.6 Å². The fourth-order valence-electron chi connectivity index (χ4n) is 2.54. The van der Waals surface area contributed by atoms with E-state index in [0.717, 1.165) is 27.6 Å². The maximum atomic E-state index is 11.0. The molecule has 0 radical (unpaired) electrons. The summed E-state index contributed by atoms with van der Waals surface area (Å²) < 4.78 is 1.04. The summed E-state index contributed by atoms with van der Waals surface area (Å²) in [5.74, 6) is 0. The molecule has 0 N–H and O–H groups in total. The van der Waals surface area contributed by atoms with E-state index in [1.165, 1.54) is 5.56 Å². The minimum absolute atomic E-state index is 0.356. The smallest absolute Gasteiger partial charge is 0.139 e. The molecule has 21 heavy (non-hydrogen) atoms. The van der Waals surface area contributed by atoms with Crippen LogP contribution in [0.4, 0.5) is 5.69 Å². The van der Waals surface area contributed by atoms with Gasteiger partial charge in [0.05, 0.1) is 6.54 Å². The molecule has 0 spiro atoms. The Morgan fingerprint density at radius 2 is 1.95 bits per heavy atom. The summed E-state index contributed by atoms with van der Waals surface area (Å²) in [4.78, 5) is 13.1. The fraction of sp³-hybridized carbons (Fsp3) is 0.118. The van der Waals surface area contributed by atoms with Crippen LogP contribution >= 0.6 is 27.5 Å². The van der Waals surface area contributed by atoms with Crippen molar-refractivity contribution in [3.8, 4) is 0 Å². The number of halogens is 2. The van der Waals surface area contributed by atoms with E-state index in [0.29, 0.717) is 18.1 Å². The number of nitrogens with zero attached hydrogens (tertiary/aromatic N) is 1. The fourth-order valence-corrected chi connectivity index (χ4v) is 3.13. The quantitative estimate of drug-likeness (QED) is 0.716. The van der Waals surface area contributed by atoms with Crippen molar-refractivity contribution in [1.82, 2.24) is 0 Å². The molecular formula is C17H13BrClNO. The van der Waals surface area contributed by atoms with Crippen molar-refractivity contribution in [1.29, 1.82) is 0 Å². The van der Waals surface area contributed by atoms with Crippen LogP contribution < -0.4 is 4.90 Å². The highest BCUT2D eigenvalue weighted by molar-refractivity contribution is 9.10. The van der Waals surface area contributed by atoms with Crippen LogP contribution in [0.3, 0.4) is 0 Å². The van der Waals surface area contributed by atoms with Crippen molar-refractivity contribution >= 4 is 51.7 Å². The standard InChI is InChI=1S/C17H13BrClNO/c18-15-4-3-12-1-2-13-10-16(19)5-6-17(13)20(7-8-21)11-14(12)9-15/h1-6,8-10H,7,11H2. The third-order valence-corrected chi connectivity index (χ3v) is 4.26. The maximum absolute atomic E-state index is 11.0. The monoisotopic (exact) mass is 361 g/mol. The Hall–Kier alpha value is -1.58. The van der Waals surface area contributed by atoms with Gasteiger partial charge in [-0.3, -0.25) is 0 Å². The van der Waals surface area contributed by atoms with Gasteiger partial charge >= 0.3 is 0 Å². The van der Waals surface area contributed by atoms with Crippen LogP contribution in [0.25, 0.3) is 12.2 Å². The van der Waals surface area contributed by atoms with Crippen molar-refractivity contribution in [2.75, 3.05) is 11.4 Å². The number of benzene rings is 2. The molecule has 0 saturated heterocycles. The van der Waals surface area contributed by atoms with Gasteiger partial charge in [-0.15, -0.1) is 0 Å². The van der Waals surface area contributed by atoms with Gasteiger partial charge in [0.1, 0.15) is 6.29 Å². The molecule has 2 aromatic carbocycles. The normalized spacial score (nSPS) is 13.1. The van der Waals surface area contributed by atoms with Crippen molar-refractivity contribution < 1.29 is 4.79 Å². The minimum atomic E-state index is 0.356. The number of carbonyl (C=O) groups is 1. The molecule has 106 valence electrons. The van der Waals surface area contributed by atoms with Crippen molar-refractivity contribution in [2.24, 2.45) is 0 Å². The third-order valence-electron chi connectivity index (χ3n) is 3.53. The van der Waals surface area contributed by atoms with Crippen LogP contribution in [0.5, 0.6) is 0 Å². The van der Waals surface area contributed by atoms with Gasteiger partial charge in [0.25, 0.3) is 0 Å². The zero-order chi connectivity index (χ0) is 14.8. The zero-order valence-electron chi connectivity index (χ0n) is 11.2. The summed E-state index contributed by atoms with van der Waals surface area (Å²) in [5, 5.41) is 0.695. The summed E-state index contributed by atoms with van der Waals surface area (Å²) in [7, 11) is 0. The van der Waals surface area contributed by atoms with Crippen molar-refractivity contribution in [3.63, 3.8) is 0 Å². The topological polar surface area (TPSA) is 20.3 Å². The Kier molecular flexibility index (Phi) is 4.13. The SMILES string of the molecule is O=CCN1Cc2cc(Br)ccc2C=Cc2cc(Cl)ccc21. The first-order valence-corrected chi connectivity index (χ1v) is 7.79. The molecule has 0 fully saturated rings. The average molecular weight is 363 g/mol. The largest absolute Gasteiger partial charge is 0.360 e. The van der Waals surface area contributed by atoms with E-state index in [1.807, 2.05) is 30.3 Å². The lowest BCUT2D eigenvalue weighted by atomic mass is 10.0. The van der Waals surface area contributed by atoms with Crippen LogP contribution in [0.15, 0.2) is 40.9 Å². The average Bonchev–Trinajstić information content (AvgIpc) is 2.44. The molecule has 2 aromatic rings. The van der Waals surface area contributed by atoms with Gasteiger partial charge in [0.2, 0.25) is 0 Å². The van der Waals surface area contributed by atoms with Gasteiger partial charge in [-0.05, 0) is 47.0 Å². The van der Waals surface area contributed by atoms with E-state index >= 15 is 0 Å². The molecule has 0 bridgehead atoms. The number of carbonyl (C=O) groups excluding carboxylic acids is 1. The molecule has 3 rings (SSSR count). The molecule has 4 heteroatoms. The molecule has 2 nitrogen and oxygen atoms in total. The lowest BCUT2D eigenvalue weighted by molar-refractivity contribution is -0.106. The molecule has 0 atom stereocenters. The van der Waals surface area contributed by atoms with Crippen LogP contribution in [0.1, 0.15) is 16.7 Å². The predicted molar refractivity (Wildman–Crippen MR) is 91.6 cm³/mol. The first kappa shape index (κ1) is 14.4. The molecule has 0 amide bonds.